The van der Waals surface area contributed by atoms with Crippen molar-refractivity contribution in [2.45, 2.75) is 45.2 Å². The van der Waals surface area contributed by atoms with Gasteiger partial charge in [0, 0.05) is 19.6 Å². The van der Waals surface area contributed by atoms with Crippen LogP contribution in [-0.4, -0.2) is 76.9 Å². The van der Waals surface area contributed by atoms with Gasteiger partial charge < -0.3 is 14.8 Å². The van der Waals surface area contributed by atoms with Crippen LogP contribution in [0.15, 0.2) is 18.2 Å². The number of aromatic amines is 1. The number of likely N-dealkylation sites (tertiary alicyclic amines) is 2. The van der Waals surface area contributed by atoms with Crippen LogP contribution in [0.1, 0.15) is 37.1 Å². The number of benzene rings is 1. The van der Waals surface area contributed by atoms with Crippen LogP contribution >= 0.6 is 0 Å². The third-order valence-electron chi connectivity index (χ3n) is 6.53. The first-order valence-electron chi connectivity index (χ1n) is 10.6. The number of nitrogens with zero attached hydrogens (tertiary/aromatic N) is 4. The first-order valence-corrected chi connectivity index (χ1v) is 10.6. The topological polar surface area (TPSA) is 55.5 Å². The van der Waals surface area contributed by atoms with E-state index in [1.165, 1.54) is 25.9 Å². The Balaban J connectivity index is 1.38. The largest absolute Gasteiger partial charge is 0.340 e. The maximum absolute atomic E-state index is 13.1. The van der Waals surface area contributed by atoms with E-state index in [9.17, 15) is 4.79 Å². The van der Waals surface area contributed by atoms with Crippen molar-refractivity contribution in [2.75, 3.05) is 40.3 Å². The van der Waals surface area contributed by atoms with Crippen molar-refractivity contribution in [1.82, 2.24) is 24.7 Å². The number of hydrogen-bond donors (Lipinski definition) is 1. The second kappa shape index (κ2) is 8.21. The molecule has 152 valence electrons. The monoisotopic (exact) mass is 383 g/mol. The van der Waals surface area contributed by atoms with E-state index in [0.717, 1.165) is 48.4 Å². The van der Waals surface area contributed by atoms with E-state index in [-0.39, 0.29) is 11.8 Å². The standard InChI is InChI=1S/C22H33N5O/c1-16-6-4-8-19-21(16)24-20(23-19)15-26(3)22(28)17-7-5-11-27(14-17)18-9-12-25(2)13-10-18/h4,6,8,17-18H,5,7,9-15H2,1-3H3,(H,23,24)/t17-/m0/s1. The summed E-state index contributed by atoms with van der Waals surface area (Å²) in [6, 6.07) is 6.80. The third-order valence-corrected chi connectivity index (χ3v) is 6.53. The van der Waals surface area contributed by atoms with Gasteiger partial charge in [-0.2, -0.15) is 0 Å². The van der Waals surface area contributed by atoms with Crippen LogP contribution in [0.4, 0.5) is 0 Å². The highest BCUT2D eigenvalue weighted by molar-refractivity contribution is 5.80. The number of aryl methyl sites for hydroxylation is 1. The van der Waals surface area contributed by atoms with Crippen molar-refractivity contribution in [3.8, 4) is 0 Å². The van der Waals surface area contributed by atoms with E-state index in [1.54, 1.807) is 0 Å². The zero-order valence-electron chi connectivity index (χ0n) is 17.4. The maximum Gasteiger partial charge on any atom is 0.227 e. The third kappa shape index (κ3) is 4.08. The van der Waals surface area contributed by atoms with Crippen LogP contribution < -0.4 is 0 Å². The van der Waals surface area contributed by atoms with Gasteiger partial charge in [0.05, 0.1) is 23.5 Å². The smallest absolute Gasteiger partial charge is 0.227 e. The minimum absolute atomic E-state index is 0.115. The van der Waals surface area contributed by atoms with Crippen LogP contribution in [0, 0.1) is 12.8 Å². The molecule has 0 radical (unpaired) electrons. The number of rotatable bonds is 4. The van der Waals surface area contributed by atoms with Crippen molar-refractivity contribution < 1.29 is 4.79 Å². The van der Waals surface area contributed by atoms with Gasteiger partial charge in [-0.25, -0.2) is 4.98 Å². The van der Waals surface area contributed by atoms with Crippen molar-refractivity contribution in [2.24, 2.45) is 5.92 Å². The number of carbonyl (C=O) groups is 1. The molecule has 28 heavy (non-hydrogen) atoms. The lowest BCUT2D eigenvalue weighted by atomic mass is 9.93. The van der Waals surface area contributed by atoms with Crippen molar-refractivity contribution >= 4 is 16.9 Å². The second-order valence-electron chi connectivity index (χ2n) is 8.72. The number of aromatic nitrogens is 2. The fraction of sp³-hybridized carbons (Fsp3) is 0.636. The molecule has 4 rings (SSSR count). The van der Waals surface area contributed by atoms with Crippen LogP contribution in [0.5, 0.6) is 0 Å². The Kier molecular flexibility index (Phi) is 5.69. The van der Waals surface area contributed by atoms with Gasteiger partial charge in [0.25, 0.3) is 0 Å². The molecule has 1 aromatic carbocycles. The lowest BCUT2D eigenvalue weighted by Gasteiger charge is -2.41. The normalized spacial score (nSPS) is 22.6. The van der Waals surface area contributed by atoms with Gasteiger partial charge >= 0.3 is 0 Å². The number of amides is 1. The molecule has 2 fully saturated rings. The minimum Gasteiger partial charge on any atom is -0.340 e. The summed E-state index contributed by atoms with van der Waals surface area (Å²) in [5.41, 5.74) is 3.21. The zero-order valence-corrected chi connectivity index (χ0v) is 17.4. The molecule has 0 spiro atoms. The molecule has 0 saturated carbocycles. The summed E-state index contributed by atoms with van der Waals surface area (Å²) in [5.74, 6) is 1.24. The zero-order chi connectivity index (χ0) is 19.7. The first-order chi connectivity index (χ1) is 13.5. The van der Waals surface area contributed by atoms with Crippen molar-refractivity contribution in [3.05, 3.63) is 29.6 Å². The molecule has 6 heteroatoms. The number of hydrogen-bond acceptors (Lipinski definition) is 4. The Morgan fingerprint density at radius 1 is 1.25 bits per heavy atom. The molecule has 1 N–H and O–H groups in total. The lowest BCUT2D eigenvalue weighted by Crippen LogP contribution is -2.50. The van der Waals surface area contributed by atoms with E-state index in [1.807, 2.05) is 24.1 Å². The fourth-order valence-corrected chi connectivity index (χ4v) is 4.82. The van der Waals surface area contributed by atoms with Gasteiger partial charge in [-0.05, 0) is 70.9 Å². The number of piperidine rings is 2. The summed E-state index contributed by atoms with van der Waals surface area (Å²) in [5, 5.41) is 0. The van der Waals surface area contributed by atoms with Crippen LogP contribution in [0.2, 0.25) is 0 Å². The maximum atomic E-state index is 13.1. The predicted molar refractivity (Wildman–Crippen MR) is 112 cm³/mol. The van der Waals surface area contributed by atoms with E-state index in [4.69, 9.17) is 4.98 Å². The van der Waals surface area contributed by atoms with E-state index in [2.05, 4.69) is 34.8 Å². The highest BCUT2D eigenvalue weighted by Crippen LogP contribution is 2.25. The molecule has 2 aliphatic heterocycles. The first kappa shape index (κ1) is 19.4. The number of carbonyl (C=O) groups excluding carboxylic acids is 1. The van der Waals surface area contributed by atoms with E-state index < -0.39 is 0 Å². The number of nitrogens with one attached hydrogen (secondary N) is 1. The van der Waals surface area contributed by atoms with Gasteiger partial charge in [-0.3, -0.25) is 9.69 Å². The SMILES string of the molecule is Cc1cccc2[nH]c(CN(C)C(=O)[C@H]3CCCN(C4CCN(C)CC4)C3)nc12. The summed E-state index contributed by atoms with van der Waals surface area (Å²) in [6.45, 7) is 7.01. The Labute approximate surface area is 167 Å². The summed E-state index contributed by atoms with van der Waals surface area (Å²) >= 11 is 0. The van der Waals surface area contributed by atoms with Gasteiger partial charge in [0.1, 0.15) is 5.82 Å². The Morgan fingerprint density at radius 3 is 2.79 bits per heavy atom. The summed E-state index contributed by atoms with van der Waals surface area (Å²) in [4.78, 5) is 28.0. The highest BCUT2D eigenvalue weighted by atomic mass is 16.2. The average Bonchev–Trinajstić information content (AvgIpc) is 3.12. The molecule has 0 aliphatic carbocycles. The lowest BCUT2D eigenvalue weighted by molar-refractivity contribution is -0.137. The number of H-pyrrole nitrogens is 1. The number of para-hydroxylation sites is 1. The molecular formula is C22H33N5O. The van der Waals surface area contributed by atoms with Crippen LogP contribution in [0.3, 0.4) is 0 Å². The quantitative estimate of drug-likeness (QED) is 0.882. The highest BCUT2D eigenvalue weighted by Gasteiger charge is 2.32. The minimum atomic E-state index is 0.115. The molecule has 0 unspecified atom stereocenters. The Bertz CT molecular complexity index is 823. The number of fused-ring (bicyclic) bond motifs is 1. The summed E-state index contributed by atoms with van der Waals surface area (Å²) in [6.07, 6.45) is 4.59. The Morgan fingerprint density at radius 2 is 2.04 bits per heavy atom. The van der Waals surface area contributed by atoms with Crippen LogP contribution in [0.25, 0.3) is 11.0 Å². The molecule has 1 atom stereocenters. The van der Waals surface area contributed by atoms with Gasteiger partial charge in [-0.15, -0.1) is 0 Å². The molecule has 1 amide bonds. The van der Waals surface area contributed by atoms with Crippen molar-refractivity contribution in [3.63, 3.8) is 0 Å². The molecule has 2 aliphatic rings. The molecule has 2 aromatic rings. The van der Waals surface area contributed by atoms with E-state index in [0.29, 0.717) is 12.6 Å². The number of imidazole rings is 1. The van der Waals surface area contributed by atoms with Gasteiger partial charge in [-0.1, -0.05) is 12.1 Å². The summed E-state index contributed by atoms with van der Waals surface area (Å²) in [7, 11) is 4.12. The summed E-state index contributed by atoms with van der Waals surface area (Å²) < 4.78 is 0. The molecule has 1 aromatic heterocycles. The van der Waals surface area contributed by atoms with Crippen LogP contribution in [-0.2, 0) is 11.3 Å². The fourth-order valence-electron chi connectivity index (χ4n) is 4.82. The van der Waals surface area contributed by atoms with Gasteiger partial charge in [0.2, 0.25) is 5.91 Å². The molecule has 3 heterocycles. The molecular weight excluding hydrogens is 350 g/mol. The molecule has 6 nitrogen and oxygen atoms in total. The van der Waals surface area contributed by atoms with Gasteiger partial charge in [0.15, 0.2) is 0 Å². The average molecular weight is 384 g/mol. The predicted octanol–water partition coefficient (Wildman–Crippen LogP) is 2.64. The second-order valence-corrected chi connectivity index (χ2v) is 8.72. The molecule has 0 bridgehead atoms. The molecule has 2 saturated heterocycles. The van der Waals surface area contributed by atoms with Crippen molar-refractivity contribution in [1.29, 1.82) is 0 Å². The van der Waals surface area contributed by atoms with E-state index >= 15 is 0 Å². The Hall–Kier alpha value is -1.92.